The summed E-state index contributed by atoms with van der Waals surface area (Å²) in [5.41, 5.74) is 9.09. The summed E-state index contributed by atoms with van der Waals surface area (Å²) in [5.74, 6) is 2.49. The maximum absolute atomic E-state index is 11.5. The van der Waals surface area contributed by atoms with Crippen LogP contribution in [0.1, 0.15) is 34.7 Å². The van der Waals surface area contributed by atoms with E-state index in [4.69, 9.17) is 12.2 Å². The second-order valence-corrected chi connectivity index (χ2v) is 4.93. The Labute approximate surface area is 117 Å². The smallest absolute Gasteiger partial charge is 0.284 e. The first kappa shape index (κ1) is 12.5. The van der Waals surface area contributed by atoms with Gasteiger partial charge in [0.25, 0.3) is 5.91 Å². The average Bonchev–Trinajstić information content (AvgIpc) is 2.87. The van der Waals surface area contributed by atoms with Crippen molar-refractivity contribution in [2.75, 3.05) is 0 Å². The Bertz CT molecular complexity index is 722. The van der Waals surface area contributed by atoms with Gasteiger partial charge in [-0.1, -0.05) is 18.1 Å². The van der Waals surface area contributed by atoms with Crippen LogP contribution in [0.5, 0.6) is 0 Å². The zero-order valence-corrected chi connectivity index (χ0v) is 11.1. The Kier molecular flexibility index (Phi) is 3.03. The van der Waals surface area contributed by atoms with Crippen molar-refractivity contribution < 1.29 is 4.79 Å². The van der Waals surface area contributed by atoms with Gasteiger partial charge in [0.2, 0.25) is 0 Å². The highest BCUT2D eigenvalue weighted by Gasteiger charge is 2.23. The Morgan fingerprint density at radius 2 is 2.25 bits per heavy atom. The van der Waals surface area contributed by atoms with Crippen LogP contribution in [0.15, 0.2) is 24.3 Å². The molecule has 1 aromatic carbocycles. The molecule has 100 valence electrons. The molecule has 2 heterocycles. The van der Waals surface area contributed by atoms with Crippen molar-refractivity contribution in [2.45, 2.75) is 25.8 Å². The minimum Gasteiger partial charge on any atom is -0.363 e. The van der Waals surface area contributed by atoms with Crippen molar-refractivity contribution in [3.63, 3.8) is 0 Å². The van der Waals surface area contributed by atoms with E-state index in [0.717, 1.165) is 48.3 Å². The number of carbonyl (C=O) groups excluding carboxylic acids is 1. The highest BCUT2D eigenvalue weighted by atomic mass is 16.1. The normalized spacial score (nSPS) is 13.6. The number of benzene rings is 1. The molecule has 20 heavy (non-hydrogen) atoms. The summed E-state index contributed by atoms with van der Waals surface area (Å²) >= 11 is 0. The molecule has 0 saturated carbocycles. The summed E-state index contributed by atoms with van der Waals surface area (Å²) < 4.78 is 1.95. The third-order valence-electron chi connectivity index (χ3n) is 3.64. The third kappa shape index (κ3) is 1.97. The van der Waals surface area contributed by atoms with Crippen LogP contribution in [0.2, 0.25) is 0 Å². The minimum absolute atomic E-state index is 0.348. The predicted octanol–water partition coefficient (Wildman–Crippen LogP) is 1.97. The topological polar surface area (TPSA) is 60.9 Å². The Morgan fingerprint density at radius 1 is 1.40 bits per heavy atom. The van der Waals surface area contributed by atoms with Gasteiger partial charge in [0.15, 0.2) is 5.82 Å². The maximum atomic E-state index is 11.5. The lowest BCUT2D eigenvalue weighted by Crippen LogP contribution is -2.21. The fourth-order valence-electron chi connectivity index (χ4n) is 2.72. The molecular formula is C16H15N3O. The molecule has 0 saturated heterocycles. The van der Waals surface area contributed by atoms with E-state index in [-0.39, 0.29) is 0 Å². The molecule has 0 bridgehead atoms. The minimum atomic E-state index is -0.479. The molecule has 0 unspecified atom stereocenters. The summed E-state index contributed by atoms with van der Waals surface area (Å²) in [5, 5.41) is 0. The monoisotopic (exact) mass is 265 g/mol. The summed E-state index contributed by atoms with van der Waals surface area (Å²) in [4.78, 5) is 16.0. The van der Waals surface area contributed by atoms with E-state index in [1.54, 1.807) is 0 Å². The van der Waals surface area contributed by atoms with Crippen LogP contribution < -0.4 is 5.73 Å². The van der Waals surface area contributed by atoms with Crippen LogP contribution in [-0.2, 0) is 13.0 Å². The van der Waals surface area contributed by atoms with Crippen molar-refractivity contribution in [3.8, 4) is 23.6 Å². The van der Waals surface area contributed by atoms with E-state index in [1.165, 1.54) is 0 Å². The number of amides is 1. The molecule has 4 heteroatoms. The highest BCUT2D eigenvalue weighted by molar-refractivity contribution is 5.90. The molecule has 1 aliphatic rings. The van der Waals surface area contributed by atoms with Gasteiger partial charge < -0.3 is 10.3 Å². The molecule has 1 aromatic heterocycles. The van der Waals surface area contributed by atoms with Crippen molar-refractivity contribution >= 4 is 5.91 Å². The van der Waals surface area contributed by atoms with E-state index in [0.29, 0.717) is 5.82 Å². The number of hydrogen-bond acceptors (Lipinski definition) is 2. The highest BCUT2D eigenvalue weighted by Crippen LogP contribution is 2.29. The van der Waals surface area contributed by atoms with Crippen molar-refractivity contribution in [3.05, 3.63) is 41.3 Å². The van der Waals surface area contributed by atoms with Crippen LogP contribution in [0.3, 0.4) is 0 Å². The lowest BCUT2D eigenvalue weighted by atomic mass is 10.0. The molecular weight excluding hydrogens is 250 g/mol. The van der Waals surface area contributed by atoms with Gasteiger partial charge in [-0.2, -0.15) is 0 Å². The van der Waals surface area contributed by atoms with Gasteiger partial charge in [-0.25, -0.2) is 4.98 Å². The van der Waals surface area contributed by atoms with Crippen LogP contribution in [0, 0.1) is 12.3 Å². The molecule has 2 N–H and O–H groups in total. The fraction of sp³-hybridized carbons (Fsp3) is 0.250. The van der Waals surface area contributed by atoms with Crippen molar-refractivity contribution in [1.82, 2.24) is 9.55 Å². The molecule has 1 aliphatic heterocycles. The number of fused-ring (bicyclic) bond motifs is 1. The number of nitrogens with two attached hydrogens (primary N) is 1. The second kappa shape index (κ2) is 4.86. The molecule has 0 spiro atoms. The van der Waals surface area contributed by atoms with Crippen molar-refractivity contribution in [2.24, 2.45) is 5.73 Å². The van der Waals surface area contributed by atoms with E-state index in [2.05, 4.69) is 10.9 Å². The average molecular weight is 265 g/mol. The van der Waals surface area contributed by atoms with Gasteiger partial charge in [0.05, 0.1) is 5.69 Å². The molecule has 0 atom stereocenters. The number of rotatable bonds is 2. The number of primary amides is 1. The number of terminal acetylenes is 1. The molecule has 0 aliphatic carbocycles. The summed E-state index contributed by atoms with van der Waals surface area (Å²) in [6.07, 6.45) is 8.50. The number of aromatic nitrogens is 2. The van der Waals surface area contributed by atoms with E-state index in [9.17, 15) is 4.79 Å². The fourth-order valence-corrected chi connectivity index (χ4v) is 2.72. The summed E-state index contributed by atoms with van der Waals surface area (Å²) in [6, 6.07) is 7.66. The Hall–Kier alpha value is -2.54. The molecule has 0 radical (unpaired) electrons. The molecule has 2 aromatic rings. The lowest BCUT2D eigenvalue weighted by Gasteiger charge is -2.16. The zero-order valence-electron chi connectivity index (χ0n) is 11.1. The second-order valence-electron chi connectivity index (χ2n) is 4.93. The van der Waals surface area contributed by atoms with Crippen LogP contribution in [0.4, 0.5) is 0 Å². The summed E-state index contributed by atoms with van der Waals surface area (Å²) in [7, 11) is 0. The molecule has 4 nitrogen and oxygen atoms in total. The molecule has 1 amide bonds. The number of hydrogen-bond donors (Lipinski definition) is 1. The van der Waals surface area contributed by atoms with Gasteiger partial charge >= 0.3 is 0 Å². The largest absolute Gasteiger partial charge is 0.363 e. The first-order chi connectivity index (χ1) is 9.70. The Balaban J connectivity index is 2.18. The first-order valence-electron chi connectivity index (χ1n) is 6.67. The zero-order chi connectivity index (χ0) is 14.1. The van der Waals surface area contributed by atoms with Crippen LogP contribution >= 0.6 is 0 Å². The third-order valence-corrected chi connectivity index (χ3v) is 3.64. The van der Waals surface area contributed by atoms with E-state index >= 15 is 0 Å². The van der Waals surface area contributed by atoms with Gasteiger partial charge in [-0.15, -0.1) is 6.42 Å². The van der Waals surface area contributed by atoms with E-state index < -0.39 is 5.91 Å². The first-order valence-corrected chi connectivity index (χ1v) is 6.67. The quantitative estimate of drug-likeness (QED) is 0.844. The van der Waals surface area contributed by atoms with Gasteiger partial charge in [-0.3, -0.25) is 4.79 Å². The molecule has 0 fully saturated rings. The Morgan fingerprint density at radius 3 is 3.00 bits per heavy atom. The standard InChI is InChI=1S/C16H15N3O/c1-2-11-6-5-7-12(10-11)14-13-8-3-4-9-19(13)16(18-14)15(17)20/h1,5-7,10H,3-4,8-9H2,(H2,17,20). The number of imidazole rings is 1. The molecule has 3 rings (SSSR count). The van der Waals surface area contributed by atoms with Crippen LogP contribution in [0.25, 0.3) is 11.3 Å². The predicted molar refractivity (Wildman–Crippen MR) is 77.1 cm³/mol. The van der Waals surface area contributed by atoms with Gasteiger partial charge in [-0.05, 0) is 31.4 Å². The van der Waals surface area contributed by atoms with Crippen molar-refractivity contribution in [1.29, 1.82) is 0 Å². The number of nitrogens with zero attached hydrogens (tertiary/aromatic N) is 2. The van der Waals surface area contributed by atoms with Crippen LogP contribution in [-0.4, -0.2) is 15.5 Å². The lowest BCUT2D eigenvalue weighted by molar-refractivity contribution is 0.0985. The van der Waals surface area contributed by atoms with E-state index in [1.807, 2.05) is 28.8 Å². The number of carbonyl (C=O) groups is 1. The van der Waals surface area contributed by atoms with Gasteiger partial charge in [0.1, 0.15) is 0 Å². The maximum Gasteiger partial charge on any atom is 0.284 e. The summed E-state index contributed by atoms with van der Waals surface area (Å²) in [6.45, 7) is 0.801. The SMILES string of the molecule is C#Cc1cccc(-c2nc(C(N)=O)n3c2CCCC3)c1. The van der Waals surface area contributed by atoms with Gasteiger partial charge in [0, 0.05) is 23.4 Å².